The number of hydrogen-bond acceptors (Lipinski definition) is 4. The van der Waals surface area contributed by atoms with Gasteiger partial charge < -0.3 is 4.74 Å². The number of likely N-dealkylation sites (N-methyl/N-ethyl adjacent to an activating group) is 1. The summed E-state index contributed by atoms with van der Waals surface area (Å²) < 4.78 is 5.38. The number of hydrogen-bond donors (Lipinski definition) is 0. The third-order valence-electron chi connectivity index (χ3n) is 5.09. The first-order valence-corrected chi connectivity index (χ1v) is 9.18. The Morgan fingerprint density at radius 1 is 1.35 bits per heavy atom. The molecule has 1 aromatic rings. The van der Waals surface area contributed by atoms with Gasteiger partial charge in [0, 0.05) is 19.9 Å². The molecule has 1 aliphatic rings. The van der Waals surface area contributed by atoms with Crippen LogP contribution in [0.3, 0.4) is 0 Å². The van der Waals surface area contributed by atoms with Gasteiger partial charge in [-0.25, -0.2) is 9.59 Å². The summed E-state index contributed by atoms with van der Waals surface area (Å²) in [5.74, 6) is -0.210. The molecule has 141 valence electrons. The zero-order chi connectivity index (χ0) is 19.1. The molecule has 6 heteroatoms. The highest BCUT2D eigenvalue weighted by atomic mass is 16.6. The molecule has 3 atom stereocenters. The zero-order valence-corrected chi connectivity index (χ0v) is 15.8. The van der Waals surface area contributed by atoms with Gasteiger partial charge in [-0.3, -0.25) is 9.69 Å². The summed E-state index contributed by atoms with van der Waals surface area (Å²) in [4.78, 5) is 39.8. The first-order chi connectivity index (χ1) is 12.5. The number of ether oxygens (including phenoxy) is 1. The molecule has 6 nitrogen and oxygen atoms in total. The second-order valence-electron chi connectivity index (χ2n) is 6.86. The summed E-state index contributed by atoms with van der Waals surface area (Å²) in [5, 5.41) is 0. The largest absolute Gasteiger partial charge is 0.445 e. The Hall–Kier alpha value is -2.21. The number of amides is 2. The van der Waals surface area contributed by atoms with Crippen LogP contribution in [0.25, 0.3) is 0 Å². The second kappa shape index (κ2) is 9.48. The van der Waals surface area contributed by atoms with Crippen molar-refractivity contribution in [3.63, 3.8) is 0 Å². The molecule has 0 aliphatic carbocycles. The molecule has 1 radical (unpaired) electrons. The van der Waals surface area contributed by atoms with Crippen LogP contribution in [0.1, 0.15) is 38.7 Å². The van der Waals surface area contributed by atoms with Crippen LogP contribution in [0.4, 0.5) is 4.79 Å². The van der Waals surface area contributed by atoms with Crippen LogP contribution in [0, 0.1) is 5.92 Å². The van der Waals surface area contributed by atoms with Gasteiger partial charge in [-0.2, -0.15) is 0 Å². The number of likely N-dealkylation sites (tertiary alicyclic amines) is 1. The SMILES string of the molecule is CC[C@H](C)[C@H](C(=O)[N+]1CCC[C@H]1C=O)N(C)C(=O)OCc1ccccc1. The highest BCUT2D eigenvalue weighted by molar-refractivity contribution is 5.90. The Morgan fingerprint density at radius 3 is 2.65 bits per heavy atom. The lowest BCUT2D eigenvalue weighted by molar-refractivity contribution is -0.134. The van der Waals surface area contributed by atoms with Crippen molar-refractivity contribution >= 4 is 18.3 Å². The Labute approximate surface area is 155 Å². The standard InChI is InChI=1S/C20H28N2O4/c1-4-15(2)18(19(24)22-12-8-11-17(22)13-23)21(3)20(25)26-14-16-9-6-5-7-10-16/h5-7,9-10,13,15,17-18H,4,8,11-12,14H2,1-3H3/q+1/t15-,17-,18+/m0/s1. The molecule has 2 rings (SSSR count). The van der Waals surface area contributed by atoms with E-state index in [1.807, 2.05) is 44.2 Å². The minimum absolute atomic E-state index is 0.0373. The second-order valence-corrected chi connectivity index (χ2v) is 6.86. The zero-order valence-electron chi connectivity index (χ0n) is 15.8. The van der Waals surface area contributed by atoms with Gasteiger partial charge in [0.05, 0.1) is 0 Å². The predicted octanol–water partition coefficient (Wildman–Crippen LogP) is 2.70. The van der Waals surface area contributed by atoms with Gasteiger partial charge in [0.25, 0.3) is 0 Å². The van der Waals surface area contributed by atoms with E-state index in [0.29, 0.717) is 13.0 Å². The lowest BCUT2D eigenvalue weighted by atomic mass is 9.96. The fourth-order valence-corrected chi connectivity index (χ4v) is 3.33. The smallest absolute Gasteiger partial charge is 0.410 e. The first-order valence-electron chi connectivity index (χ1n) is 9.18. The minimum atomic E-state index is -0.635. The molecule has 2 amide bonds. The average molecular weight is 360 g/mol. The van der Waals surface area contributed by atoms with E-state index < -0.39 is 12.1 Å². The summed E-state index contributed by atoms with van der Waals surface area (Å²) >= 11 is 0. The molecule has 1 heterocycles. The molecule has 1 fully saturated rings. The van der Waals surface area contributed by atoms with Gasteiger partial charge in [0.1, 0.15) is 13.2 Å². The molecule has 26 heavy (non-hydrogen) atoms. The van der Waals surface area contributed by atoms with Crippen LogP contribution in [0.2, 0.25) is 0 Å². The monoisotopic (exact) mass is 360 g/mol. The third kappa shape index (κ3) is 4.69. The fraction of sp³-hybridized carbons (Fsp3) is 0.550. The molecule has 1 saturated heterocycles. The van der Waals surface area contributed by atoms with Crippen LogP contribution in [-0.2, 0) is 20.9 Å². The summed E-state index contributed by atoms with van der Waals surface area (Å²) in [6, 6.07) is 8.39. The van der Waals surface area contributed by atoms with Crippen LogP contribution in [0.5, 0.6) is 0 Å². The predicted molar refractivity (Wildman–Crippen MR) is 98.7 cm³/mol. The van der Waals surface area contributed by atoms with Crippen LogP contribution < -0.4 is 4.90 Å². The Balaban J connectivity index is 2.08. The molecule has 0 aromatic heterocycles. The van der Waals surface area contributed by atoms with Crippen LogP contribution in [0.15, 0.2) is 30.3 Å². The summed E-state index contributed by atoms with van der Waals surface area (Å²) in [5.41, 5.74) is 0.890. The van der Waals surface area contributed by atoms with Crippen molar-refractivity contribution in [2.75, 3.05) is 13.6 Å². The molecule has 0 spiro atoms. The van der Waals surface area contributed by atoms with Crippen molar-refractivity contribution in [3.8, 4) is 0 Å². The number of rotatable bonds is 7. The van der Waals surface area contributed by atoms with E-state index in [2.05, 4.69) is 0 Å². The number of aldehydes is 1. The Morgan fingerprint density at radius 2 is 2.04 bits per heavy atom. The van der Waals surface area contributed by atoms with Gasteiger partial charge in [0.2, 0.25) is 0 Å². The number of benzene rings is 1. The fourth-order valence-electron chi connectivity index (χ4n) is 3.33. The van der Waals surface area contributed by atoms with E-state index in [1.54, 1.807) is 11.9 Å². The molecule has 0 saturated carbocycles. The summed E-state index contributed by atoms with van der Waals surface area (Å²) in [7, 11) is 1.59. The van der Waals surface area contributed by atoms with Crippen molar-refractivity contribution in [2.24, 2.45) is 5.92 Å². The van der Waals surface area contributed by atoms with Crippen molar-refractivity contribution in [3.05, 3.63) is 35.9 Å². The lowest BCUT2D eigenvalue weighted by Crippen LogP contribution is -2.56. The van der Waals surface area contributed by atoms with Crippen molar-refractivity contribution in [1.29, 1.82) is 0 Å². The maximum atomic E-state index is 13.1. The van der Waals surface area contributed by atoms with E-state index in [-0.39, 0.29) is 24.5 Å². The van der Waals surface area contributed by atoms with E-state index in [0.717, 1.165) is 24.7 Å². The van der Waals surface area contributed by atoms with Crippen LogP contribution >= 0.6 is 0 Å². The topological polar surface area (TPSA) is 69.6 Å². The van der Waals surface area contributed by atoms with Gasteiger partial charge in [-0.1, -0.05) is 55.5 Å². The van der Waals surface area contributed by atoms with Crippen LogP contribution in [-0.4, -0.2) is 48.9 Å². The molecule has 1 aliphatic heterocycles. The Bertz CT molecular complexity index is 619. The summed E-state index contributed by atoms with van der Waals surface area (Å²) in [6.07, 6.45) is 2.53. The lowest BCUT2D eigenvalue weighted by Gasteiger charge is -2.29. The average Bonchev–Trinajstić information content (AvgIpc) is 3.15. The third-order valence-corrected chi connectivity index (χ3v) is 5.09. The van der Waals surface area contributed by atoms with E-state index >= 15 is 0 Å². The first kappa shape index (κ1) is 20.1. The van der Waals surface area contributed by atoms with Crippen molar-refractivity contribution in [2.45, 2.75) is 51.8 Å². The highest BCUT2D eigenvalue weighted by Gasteiger charge is 2.47. The quantitative estimate of drug-likeness (QED) is 0.554. The number of carbonyl (C=O) groups is 3. The molecular formula is C20H28N2O4+. The molecular weight excluding hydrogens is 332 g/mol. The number of nitrogens with zero attached hydrogens (tertiary/aromatic N) is 2. The Kier molecular flexibility index (Phi) is 7.33. The van der Waals surface area contributed by atoms with Gasteiger partial charge in [-0.05, 0) is 11.5 Å². The molecule has 0 N–H and O–H groups in total. The van der Waals surface area contributed by atoms with Gasteiger partial charge in [-0.15, -0.1) is 0 Å². The highest BCUT2D eigenvalue weighted by Crippen LogP contribution is 2.21. The number of carbonyl (C=O) groups excluding carboxylic acids is 3. The van der Waals surface area contributed by atoms with Gasteiger partial charge >= 0.3 is 12.0 Å². The van der Waals surface area contributed by atoms with Gasteiger partial charge in [0.15, 0.2) is 18.4 Å². The molecule has 0 bridgehead atoms. The van der Waals surface area contributed by atoms with Crippen molar-refractivity contribution in [1.82, 2.24) is 9.80 Å². The molecule has 1 aromatic carbocycles. The van der Waals surface area contributed by atoms with E-state index in [4.69, 9.17) is 4.74 Å². The summed E-state index contributed by atoms with van der Waals surface area (Å²) in [6.45, 7) is 4.64. The molecule has 0 unspecified atom stereocenters. The minimum Gasteiger partial charge on any atom is -0.445 e. The van der Waals surface area contributed by atoms with E-state index in [1.165, 1.54) is 4.90 Å². The maximum Gasteiger partial charge on any atom is 0.410 e. The van der Waals surface area contributed by atoms with Crippen molar-refractivity contribution < 1.29 is 19.1 Å². The normalized spacial score (nSPS) is 19.6. The maximum absolute atomic E-state index is 13.1. The van der Waals surface area contributed by atoms with E-state index in [9.17, 15) is 14.4 Å².